The molecule has 0 heterocycles. The first-order chi connectivity index (χ1) is 7.97. The zero-order valence-electron chi connectivity index (χ0n) is 11.8. The van der Waals surface area contributed by atoms with E-state index in [4.69, 9.17) is 10.5 Å². The number of nitrogens with zero attached hydrogens (tertiary/aromatic N) is 2. The van der Waals surface area contributed by atoms with E-state index in [0.29, 0.717) is 0 Å². The van der Waals surface area contributed by atoms with Gasteiger partial charge in [0.05, 0.1) is 6.16 Å². The van der Waals surface area contributed by atoms with Crippen molar-refractivity contribution < 1.29 is 0 Å². The van der Waals surface area contributed by atoms with Gasteiger partial charge in [0, 0.05) is 27.3 Å². The van der Waals surface area contributed by atoms with Crippen LogP contribution in [0, 0.1) is 22.9 Å². The Kier molecular flexibility index (Phi) is 14.5. The Morgan fingerprint density at radius 2 is 1.35 bits per heavy atom. The molecular formula is C13H27N3P+. The number of rotatable bonds is 7. The van der Waals surface area contributed by atoms with Gasteiger partial charge in [0.2, 0.25) is 0 Å². The topological polar surface area (TPSA) is 59.6 Å². The smallest absolute Gasteiger partial charge is 0.190 e. The second kappa shape index (κ2) is 13.3. The zero-order chi connectivity index (χ0) is 13.6. The summed E-state index contributed by atoms with van der Waals surface area (Å²) in [5, 5.41) is 16.7. The van der Waals surface area contributed by atoms with Gasteiger partial charge in [-0.15, -0.1) is 0 Å². The van der Waals surface area contributed by atoms with E-state index < -0.39 is 7.26 Å². The van der Waals surface area contributed by atoms with Gasteiger partial charge in [0.15, 0.2) is 12.4 Å². The molecule has 0 aliphatic carbocycles. The summed E-state index contributed by atoms with van der Waals surface area (Å²) >= 11 is 0. The molecule has 0 unspecified atom stereocenters. The van der Waals surface area contributed by atoms with Crippen molar-refractivity contribution in [1.82, 2.24) is 5.32 Å². The lowest BCUT2D eigenvalue weighted by Crippen LogP contribution is -1.92. The Balaban J connectivity index is 0. The minimum Gasteiger partial charge on any atom is -0.229 e. The predicted octanol–water partition coefficient (Wildman–Crippen LogP) is 3.79. The third-order valence-corrected chi connectivity index (χ3v) is 3.95. The number of nitriles is 2. The van der Waals surface area contributed by atoms with Crippen LogP contribution in [0.2, 0.25) is 0 Å². The first kappa shape index (κ1) is 18.6. The third kappa shape index (κ3) is 25.5. The molecule has 0 fully saturated rings. The van der Waals surface area contributed by atoms with Crippen LogP contribution in [0.15, 0.2) is 0 Å². The lowest BCUT2D eigenvalue weighted by molar-refractivity contribution is 0.626. The van der Waals surface area contributed by atoms with E-state index in [9.17, 15) is 0 Å². The molecule has 0 saturated carbocycles. The maximum atomic E-state index is 7.48. The highest BCUT2D eigenvalue weighted by Gasteiger charge is 2.15. The summed E-state index contributed by atoms with van der Waals surface area (Å²) < 4.78 is 0. The lowest BCUT2D eigenvalue weighted by atomic mass is 10.1. The van der Waals surface area contributed by atoms with Crippen molar-refractivity contribution in [2.75, 3.05) is 26.2 Å². The van der Waals surface area contributed by atoms with Gasteiger partial charge < -0.3 is 0 Å². The van der Waals surface area contributed by atoms with Crippen LogP contribution in [-0.4, -0.2) is 26.2 Å². The van der Waals surface area contributed by atoms with Crippen molar-refractivity contribution in [2.45, 2.75) is 45.4 Å². The van der Waals surface area contributed by atoms with Crippen molar-refractivity contribution in [3.8, 4) is 12.4 Å². The van der Waals surface area contributed by atoms with E-state index in [1.54, 1.807) is 5.32 Å². The lowest BCUT2D eigenvalue weighted by Gasteiger charge is -2.10. The van der Waals surface area contributed by atoms with Crippen LogP contribution in [0.25, 0.3) is 0 Å². The van der Waals surface area contributed by atoms with Crippen molar-refractivity contribution in [3.63, 3.8) is 0 Å². The highest BCUT2D eigenvalue weighted by molar-refractivity contribution is 7.73. The van der Waals surface area contributed by atoms with Gasteiger partial charge in [-0.3, -0.25) is 0 Å². The van der Waals surface area contributed by atoms with Gasteiger partial charge in [-0.05, 0) is 12.8 Å². The van der Waals surface area contributed by atoms with Crippen LogP contribution < -0.4 is 5.32 Å². The highest BCUT2D eigenvalue weighted by atomic mass is 31.2. The molecule has 98 valence electrons. The first-order valence-electron chi connectivity index (χ1n) is 6.31. The highest BCUT2D eigenvalue weighted by Crippen LogP contribution is 2.47. The maximum absolute atomic E-state index is 7.48. The molecule has 4 heteroatoms. The van der Waals surface area contributed by atoms with Crippen LogP contribution in [0.1, 0.15) is 45.4 Å². The molecule has 3 nitrogen and oxygen atoms in total. The molecule has 0 spiro atoms. The molecule has 0 aliphatic rings. The van der Waals surface area contributed by atoms with Gasteiger partial charge >= 0.3 is 0 Å². The van der Waals surface area contributed by atoms with Crippen LogP contribution in [0.4, 0.5) is 0 Å². The normalized spacial score (nSPS) is 9.53. The van der Waals surface area contributed by atoms with Crippen LogP contribution >= 0.6 is 7.26 Å². The Morgan fingerprint density at radius 3 is 1.71 bits per heavy atom. The van der Waals surface area contributed by atoms with E-state index >= 15 is 0 Å². The Bertz CT molecular complexity index is 221. The molecule has 0 rings (SSSR count). The first-order valence-corrected chi connectivity index (χ1v) is 9.63. The Morgan fingerprint density at radius 1 is 0.882 bits per heavy atom. The zero-order valence-corrected chi connectivity index (χ0v) is 12.7. The molecule has 0 amide bonds. The fourth-order valence-electron chi connectivity index (χ4n) is 1.39. The van der Waals surface area contributed by atoms with E-state index in [1.807, 2.05) is 0 Å². The molecule has 17 heavy (non-hydrogen) atoms. The molecule has 0 atom stereocenters. The minimum atomic E-state index is -0.471. The van der Waals surface area contributed by atoms with Gasteiger partial charge in [-0.1, -0.05) is 32.6 Å². The summed E-state index contributed by atoms with van der Waals surface area (Å²) in [5.41, 5.74) is 0. The van der Waals surface area contributed by atoms with Gasteiger partial charge in [0.25, 0.3) is 0 Å². The second-order valence-corrected chi connectivity index (χ2v) is 10.2. The van der Waals surface area contributed by atoms with Crippen LogP contribution in [0.5, 0.6) is 0 Å². The largest absolute Gasteiger partial charge is 0.229 e. The monoisotopic (exact) mass is 256 g/mol. The van der Waals surface area contributed by atoms with E-state index in [0.717, 1.165) is 0 Å². The van der Waals surface area contributed by atoms with E-state index in [2.05, 4.69) is 26.9 Å². The predicted molar refractivity (Wildman–Crippen MR) is 77.3 cm³/mol. The molecule has 0 saturated heterocycles. The molecule has 0 aromatic carbocycles. The van der Waals surface area contributed by atoms with Gasteiger partial charge in [0.1, 0.15) is 0 Å². The number of unbranched alkanes of at least 4 members (excludes halogenated alkanes) is 5. The van der Waals surface area contributed by atoms with Crippen molar-refractivity contribution in [1.29, 1.82) is 10.5 Å². The summed E-state index contributed by atoms with van der Waals surface area (Å²) in [4.78, 5) is 0. The fraction of sp³-hybridized carbons (Fsp3) is 0.846. The molecular weight excluding hydrogens is 229 g/mol. The average molecular weight is 256 g/mol. The molecule has 0 aromatic rings. The van der Waals surface area contributed by atoms with Crippen LogP contribution in [0.3, 0.4) is 0 Å². The summed E-state index contributed by atoms with van der Waals surface area (Å²) in [5.74, 6) is 0. The van der Waals surface area contributed by atoms with Crippen LogP contribution in [-0.2, 0) is 0 Å². The second-order valence-electron chi connectivity index (χ2n) is 5.13. The molecule has 0 aliphatic heterocycles. The van der Waals surface area contributed by atoms with Crippen molar-refractivity contribution in [3.05, 3.63) is 0 Å². The minimum absolute atomic E-state index is 0.471. The Labute approximate surface area is 108 Å². The third-order valence-electron chi connectivity index (χ3n) is 2.29. The van der Waals surface area contributed by atoms with Gasteiger partial charge in [-0.25, -0.2) is 5.32 Å². The quantitative estimate of drug-likeness (QED) is 0.326. The number of nitrogens with one attached hydrogen (secondary N) is 1. The molecule has 0 bridgehead atoms. The number of hydrogen-bond donors (Lipinski definition) is 1. The molecule has 0 aromatic heterocycles. The van der Waals surface area contributed by atoms with Crippen molar-refractivity contribution >= 4 is 7.26 Å². The SMILES string of the molecule is CCCCCCCC[P+](C)(C)C.N#CNC#N. The summed E-state index contributed by atoms with van der Waals surface area (Å²) in [6.45, 7) is 9.61. The number of hydrogen-bond acceptors (Lipinski definition) is 3. The molecule has 0 radical (unpaired) electrons. The van der Waals surface area contributed by atoms with E-state index in [-0.39, 0.29) is 0 Å². The summed E-state index contributed by atoms with van der Waals surface area (Å²) in [6.07, 6.45) is 13.0. The Hall–Kier alpha value is -0.790. The fourth-order valence-corrected chi connectivity index (χ4v) is 2.56. The summed E-state index contributed by atoms with van der Waals surface area (Å²) in [6, 6.07) is 0. The average Bonchev–Trinajstić information content (AvgIpc) is 2.24. The summed E-state index contributed by atoms with van der Waals surface area (Å²) in [7, 11) is -0.471. The molecule has 1 N–H and O–H groups in total. The van der Waals surface area contributed by atoms with E-state index in [1.165, 1.54) is 57.1 Å². The van der Waals surface area contributed by atoms with Gasteiger partial charge in [-0.2, -0.15) is 10.5 Å². The van der Waals surface area contributed by atoms with Crippen molar-refractivity contribution in [2.24, 2.45) is 0 Å². The maximum Gasteiger partial charge on any atom is 0.190 e. The standard InChI is InChI=1S/C11H26P.C2HN3/c1-5-6-7-8-9-10-11-12(2,3)4;3-1-5-2-4/h5-11H2,1-4H3;5H/q+1;.